The first-order valence-corrected chi connectivity index (χ1v) is 13.1. The lowest BCUT2D eigenvalue weighted by molar-refractivity contribution is 0.271. The molecule has 1 saturated heterocycles. The predicted octanol–water partition coefficient (Wildman–Crippen LogP) is 2.51. The Balaban J connectivity index is 0.000000288. The summed E-state index contributed by atoms with van der Waals surface area (Å²) in [5, 5.41) is 0. The van der Waals surface area contributed by atoms with Crippen molar-refractivity contribution < 1.29 is 8.54 Å². The summed E-state index contributed by atoms with van der Waals surface area (Å²) >= 11 is 0. The molecule has 1 heterocycles. The maximum atomic E-state index is 5.75. The first-order chi connectivity index (χ1) is 6.83. The normalized spacial score (nSPS) is 27.0. The molecule has 1 aliphatic heterocycles. The second-order valence-electron chi connectivity index (χ2n) is 5.43. The van der Waals surface area contributed by atoms with Crippen molar-refractivity contribution in [3.8, 4) is 0 Å². The van der Waals surface area contributed by atoms with Crippen LogP contribution in [0.25, 0.3) is 0 Å². The highest BCUT2D eigenvalue weighted by Crippen LogP contribution is 2.24. The van der Waals surface area contributed by atoms with E-state index in [9.17, 15) is 0 Å². The second-order valence-corrected chi connectivity index (χ2v) is 15.7. The summed E-state index contributed by atoms with van der Waals surface area (Å²) in [6.45, 7) is 12.2. The molecule has 0 aromatic rings. The van der Waals surface area contributed by atoms with Crippen molar-refractivity contribution in [1.82, 2.24) is 0 Å². The fourth-order valence-electron chi connectivity index (χ4n) is 1.27. The molecule has 1 aliphatic rings. The van der Waals surface area contributed by atoms with Crippen molar-refractivity contribution >= 4 is 27.1 Å². The molecule has 0 aromatic carbocycles. The Morgan fingerprint density at radius 1 is 1.33 bits per heavy atom. The zero-order valence-corrected chi connectivity index (χ0v) is 15.4. The third-order valence-corrected chi connectivity index (χ3v) is 11.6. The molecule has 0 saturated carbocycles. The third kappa shape index (κ3) is 8.39. The lowest BCUT2D eigenvalue weighted by Crippen LogP contribution is -2.36. The van der Waals surface area contributed by atoms with Crippen molar-refractivity contribution in [3.63, 3.8) is 0 Å². The first kappa shape index (κ1) is 15.6. The fraction of sp³-hybridized carbons (Fsp3) is 1.00. The SMILES string of the molecule is CC[Si]1(C)CCCCO1.C[Si](C)(C)O[SiH3]. The van der Waals surface area contributed by atoms with E-state index >= 15 is 0 Å². The summed E-state index contributed by atoms with van der Waals surface area (Å²) in [5.41, 5.74) is 0. The highest BCUT2D eigenvalue weighted by Gasteiger charge is 2.28. The summed E-state index contributed by atoms with van der Waals surface area (Å²) in [6.07, 6.45) is 2.71. The van der Waals surface area contributed by atoms with E-state index in [2.05, 4.69) is 33.1 Å². The van der Waals surface area contributed by atoms with E-state index in [1.165, 1.54) is 24.9 Å². The second kappa shape index (κ2) is 7.01. The molecular weight excluding hydrogens is 236 g/mol. The van der Waals surface area contributed by atoms with Crippen LogP contribution in [0.4, 0.5) is 0 Å². The minimum absolute atomic E-state index is 0.910. The average Bonchev–Trinajstić information content (AvgIpc) is 2.19. The standard InChI is InChI=1S/C7H16OSi.C3H12OSi2/c1-3-9(2)7-5-4-6-8-9;1-6(2,3)4-5/h3-7H2,1-2H3;1-3,5H3. The van der Waals surface area contributed by atoms with Crippen LogP contribution in [0.5, 0.6) is 0 Å². The van der Waals surface area contributed by atoms with Crippen LogP contribution in [0.1, 0.15) is 19.8 Å². The highest BCUT2D eigenvalue weighted by molar-refractivity contribution is 6.72. The number of hydrogen-bond acceptors (Lipinski definition) is 2. The van der Waals surface area contributed by atoms with Crippen molar-refractivity contribution in [1.29, 1.82) is 0 Å². The average molecular weight is 265 g/mol. The van der Waals surface area contributed by atoms with Crippen LogP contribution in [0.15, 0.2) is 0 Å². The van der Waals surface area contributed by atoms with E-state index in [4.69, 9.17) is 8.54 Å². The van der Waals surface area contributed by atoms with Gasteiger partial charge in [-0.15, -0.1) is 0 Å². The Labute approximate surface area is 101 Å². The van der Waals surface area contributed by atoms with Gasteiger partial charge in [0, 0.05) is 6.61 Å². The molecule has 0 amide bonds. The molecule has 0 bridgehead atoms. The van der Waals surface area contributed by atoms with Crippen LogP contribution in [0, 0.1) is 0 Å². The van der Waals surface area contributed by atoms with E-state index in [1.54, 1.807) is 0 Å². The maximum Gasteiger partial charge on any atom is 0.189 e. The summed E-state index contributed by atoms with van der Waals surface area (Å²) in [4.78, 5) is 0. The molecule has 92 valence electrons. The molecule has 2 nitrogen and oxygen atoms in total. The smallest absolute Gasteiger partial charge is 0.189 e. The van der Waals surface area contributed by atoms with Gasteiger partial charge in [0.1, 0.15) is 10.5 Å². The largest absolute Gasteiger partial charge is 0.464 e. The molecule has 1 fully saturated rings. The van der Waals surface area contributed by atoms with Gasteiger partial charge in [-0.2, -0.15) is 0 Å². The topological polar surface area (TPSA) is 18.5 Å². The minimum Gasteiger partial charge on any atom is -0.464 e. The van der Waals surface area contributed by atoms with Gasteiger partial charge >= 0.3 is 0 Å². The van der Waals surface area contributed by atoms with Crippen molar-refractivity contribution in [3.05, 3.63) is 0 Å². The Morgan fingerprint density at radius 2 is 1.87 bits per heavy atom. The summed E-state index contributed by atoms with van der Waals surface area (Å²) in [6, 6.07) is 2.69. The van der Waals surface area contributed by atoms with Crippen molar-refractivity contribution in [2.75, 3.05) is 6.61 Å². The minimum atomic E-state index is -1.11. The van der Waals surface area contributed by atoms with Gasteiger partial charge in [0.15, 0.2) is 16.6 Å². The lowest BCUT2D eigenvalue weighted by atomic mass is 10.4. The van der Waals surface area contributed by atoms with Crippen molar-refractivity contribution in [2.45, 2.75) is 58.0 Å². The van der Waals surface area contributed by atoms with Crippen LogP contribution >= 0.6 is 0 Å². The zero-order valence-electron chi connectivity index (χ0n) is 11.4. The van der Waals surface area contributed by atoms with E-state index in [-0.39, 0.29) is 0 Å². The molecule has 1 rings (SSSR count). The highest BCUT2D eigenvalue weighted by atomic mass is 28.4. The Bertz CT molecular complexity index is 163. The summed E-state index contributed by atoms with van der Waals surface area (Å²) in [7, 11) is -1.27. The van der Waals surface area contributed by atoms with E-state index in [1.807, 2.05) is 0 Å². The van der Waals surface area contributed by atoms with E-state index < -0.39 is 16.6 Å². The molecular formula is C10H28O2Si3. The van der Waals surface area contributed by atoms with Gasteiger partial charge in [-0.25, -0.2) is 0 Å². The predicted molar refractivity (Wildman–Crippen MR) is 76.5 cm³/mol. The molecule has 15 heavy (non-hydrogen) atoms. The summed E-state index contributed by atoms with van der Waals surface area (Å²) in [5.74, 6) is 0. The van der Waals surface area contributed by atoms with Crippen LogP contribution in [0.3, 0.4) is 0 Å². The number of rotatable bonds is 2. The van der Waals surface area contributed by atoms with Gasteiger partial charge in [0.05, 0.1) is 0 Å². The number of hydrogen-bond donors (Lipinski definition) is 0. The third-order valence-electron chi connectivity index (χ3n) is 2.91. The van der Waals surface area contributed by atoms with Gasteiger partial charge in [0.25, 0.3) is 0 Å². The Hall–Kier alpha value is 0.571. The van der Waals surface area contributed by atoms with Crippen molar-refractivity contribution in [2.24, 2.45) is 0 Å². The fourth-order valence-corrected chi connectivity index (χ4v) is 3.61. The van der Waals surface area contributed by atoms with Crippen LogP contribution in [-0.4, -0.2) is 33.7 Å². The monoisotopic (exact) mass is 264 g/mol. The molecule has 0 spiro atoms. The maximum absolute atomic E-state index is 5.75. The van der Waals surface area contributed by atoms with Crippen LogP contribution in [-0.2, 0) is 8.54 Å². The van der Waals surface area contributed by atoms with Gasteiger partial charge in [-0.3, -0.25) is 0 Å². The van der Waals surface area contributed by atoms with Crippen LogP contribution in [0.2, 0.25) is 38.3 Å². The molecule has 1 unspecified atom stereocenters. The Kier molecular flexibility index (Phi) is 7.27. The van der Waals surface area contributed by atoms with E-state index in [0.717, 1.165) is 17.1 Å². The zero-order chi connectivity index (χ0) is 11.9. The molecule has 0 radical (unpaired) electrons. The van der Waals surface area contributed by atoms with Gasteiger partial charge in [-0.05, 0) is 44.7 Å². The first-order valence-electron chi connectivity index (χ1n) is 6.02. The Morgan fingerprint density at radius 3 is 2.07 bits per heavy atom. The summed E-state index contributed by atoms with van der Waals surface area (Å²) < 4.78 is 11.0. The van der Waals surface area contributed by atoms with Gasteiger partial charge in [0.2, 0.25) is 0 Å². The molecule has 0 aromatic heterocycles. The molecule has 1 atom stereocenters. The quantitative estimate of drug-likeness (QED) is 0.714. The lowest BCUT2D eigenvalue weighted by Gasteiger charge is -2.30. The molecule has 0 aliphatic carbocycles. The molecule has 0 N–H and O–H groups in total. The molecule has 5 heteroatoms. The van der Waals surface area contributed by atoms with Crippen LogP contribution < -0.4 is 0 Å². The van der Waals surface area contributed by atoms with E-state index in [0.29, 0.717) is 0 Å². The van der Waals surface area contributed by atoms with Gasteiger partial charge in [-0.1, -0.05) is 13.3 Å². The van der Waals surface area contributed by atoms with Gasteiger partial charge < -0.3 is 8.54 Å².